The van der Waals surface area contributed by atoms with Gasteiger partial charge in [0.2, 0.25) is 0 Å². The summed E-state index contributed by atoms with van der Waals surface area (Å²) in [5.74, 6) is 0.847. The summed E-state index contributed by atoms with van der Waals surface area (Å²) >= 11 is 0. The summed E-state index contributed by atoms with van der Waals surface area (Å²) < 4.78 is 10.6. The minimum atomic E-state index is -0.413. The zero-order chi connectivity index (χ0) is 15.9. The van der Waals surface area contributed by atoms with Crippen LogP contribution in [0.3, 0.4) is 0 Å². The van der Waals surface area contributed by atoms with E-state index in [0.717, 1.165) is 22.3 Å². The van der Waals surface area contributed by atoms with Gasteiger partial charge in [0.05, 0.1) is 12.7 Å². The largest absolute Gasteiger partial charge is 0.508 e. The third-order valence-electron chi connectivity index (χ3n) is 3.93. The molecular formula is C18H16O4. The molecule has 1 N–H and O–H groups in total. The molecule has 4 heteroatoms. The lowest BCUT2D eigenvalue weighted by Crippen LogP contribution is -2.06. The Morgan fingerprint density at radius 2 is 1.68 bits per heavy atom. The summed E-state index contributed by atoms with van der Waals surface area (Å²) in [6.45, 7) is 3.61. The monoisotopic (exact) mass is 296 g/mol. The molecule has 0 amide bonds. The van der Waals surface area contributed by atoms with Gasteiger partial charge in [-0.1, -0.05) is 12.1 Å². The van der Waals surface area contributed by atoms with Crippen LogP contribution in [0.5, 0.6) is 11.5 Å². The molecule has 0 aliphatic heterocycles. The van der Waals surface area contributed by atoms with Crippen LogP contribution in [0.4, 0.5) is 0 Å². The lowest BCUT2D eigenvalue weighted by molar-refractivity contribution is 0.415. The van der Waals surface area contributed by atoms with Crippen LogP contribution in [0.15, 0.2) is 45.6 Å². The highest BCUT2D eigenvalue weighted by Gasteiger charge is 2.15. The number of phenols is 1. The van der Waals surface area contributed by atoms with E-state index in [1.165, 1.54) is 0 Å². The van der Waals surface area contributed by atoms with Gasteiger partial charge in [0.15, 0.2) is 0 Å². The van der Waals surface area contributed by atoms with Crippen molar-refractivity contribution >= 4 is 11.0 Å². The van der Waals surface area contributed by atoms with Crippen molar-refractivity contribution in [2.75, 3.05) is 7.11 Å². The topological polar surface area (TPSA) is 59.7 Å². The average molecular weight is 296 g/mol. The molecule has 0 aliphatic carbocycles. The molecule has 2 aromatic carbocycles. The van der Waals surface area contributed by atoms with E-state index in [1.807, 2.05) is 19.1 Å². The maximum atomic E-state index is 12.4. The Morgan fingerprint density at radius 3 is 2.32 bits per heavy atom. The van der Waals surface area contributed by atoms with Crippen molar-refractivity contribution in [2.24, 2.45) is 0 Å². The van der Waals surface area contributed by atoms with E-state index < -0.39 is 5.63 Å². The zero-order valence-corrected chi connectivity index (χ0v) is 12.6. The van der Waals surface area contributed by atoms with Gasteiger partial charge >= 0.3 is 5.63 Å². The van der Waals surface area contributed by atoms with Gasteiger partial charge in [0, 0.05) is 10.9 Å². The third-order valence-corrected chi connectivity index (χ3v) is 3.93. The summed E-state index contributed by atoms with van der Waals surface area (Å²) in [4.78, 5) is 12.4. The first-order chi connectivity index (χ1) is 10.5. The van der Waals surface area contributed by atoms with Crippen molar-refractivity contribution in [3.63, 3.8) is 0 Å². The normalized spacial score (nSPS) is 10.9. The van der Waals surface area contributed by atoms with E-state index in [1.54, 1.807) is 38.3 Å². The number of ether oxygens (including phenoxy) is 1. The van der Waals surface area contributed by atoms with Crippen molar-refractivity contribution in [3.8, 4) is 22.6 Å². The number of methoxy groups -OCH3 is 1. The summed E-state index contributed by atoms with van der Waals surface area (Å²) in [6, 6.07) is 10.7. The number of hydrogen-bond donors (Lipinski definition) is 1. The summed E-state index contributed by atoms with van der Waals surface area (Å²) in [5.41, 5.74) is 2.72. The van der Waals surface area contributed by atoms with E-state index in [4.69, 9.17) is 9.15 Å². The molecule has 0 bridgehead atoms. The van der Waals surface area contributed by atoms with Gasteiger partial charge in [-0.2, -0.15) is 0 Å². The molecule has 112 valence electrons. The average Bonchev–Trinajstić information content (AvgIpc) is 2.52. The van der Waals surface area contributed by atoms with E-state index in [2.05, 4.69) is 0 Å². The fourth-order valence-corrected chi connectivity index (χ4v) is 2.63. The minimum Gasteiger partial charge on any atom is -0.508 e. The standard InChI is InChI=1S/C18H16O4/c1-10-14-8-9-15(19)11(2)17(14)22-18(20)16(10)12-4-6-13(21-3)7-5-12/h4-9,19H,1-3H3. The number of aromatic hydroxyl groups is 1. The molecule has 0 saturated carbocycles. The molecule has 3 rings (SSSR count). The zero-order valence-electron chi connectivity index (χ0n) is 12.6. The minimum absolute atomic E-state index is 0.118. The van der Waals surface area contributed by atoms with Gasteiger partial charge in [0.1, 0.15) is 17.1 Å². The summed E-state index contributed by atoms with van der Waals surface area (Å²) in [6.07, 6.45) is 0. The van der Waals surface area contributed by atoms with Crippen molar-refractivity contribution < 1.29 is 14.3 Å². The van der Waals surface area contributed by atoms with Gasteiger partial charge in [-0.05, 0) is 49.2 Å². The van der Waals surface area contributed by atoms with Crippen LogP contribution in [-0.4, -0.2) is 12.2 Å². The Labute approximate surface area is 127 Å². The van der Waals surface area contributed by atoms with Crippen molar-refractivity contribution in [3.05, 3.63) is 57.9 Å². The molecule has 4 nitrogen and oxygen atoms in total. The molecule has 1 heterocycles. The predicted molar refractivity (Wildman–Crippen MR) is 85.6 cm³/mol. The lowest BCUT2D eigenvalue weighted by Gasteiger charge is -2.10. The SMILES string of the molecule is COc1ccc(-c2c(C)c3ccc(O)c(C)c3oc2=O)cc1. The molecule has 0 fully saturated rings. The van der Waals surface area contributed by atoms with Crippen LogP contribution in [0.25, 0.3) is 22.1 Å². The highest BCUT2D eigenvalue weighted by atomic mass is 16.5. The number of fused-ring (bicyclic) bond motifs is 1. The second-order valence-corrected chi connectivity index (χ2v) is 5.20. The van der Waals surface area contributed by atoms with Gasteiger partial charge in [-0.3, -0.25) is 0 Å². The molecule has 22 heavy (non-hydrogen) atoms. The van der Waals surface area contributed by atoms with Crippen LogP contribution >= 0.6 is 0 Å². The number of benzene rings is 2. The molecule has 0 unspecified atom stereocenters. The van der Waals surface area contributed by atoms with Crippen LogP contribution in [-0.2, 0) is 0 Å². The maximum Gasteiger partial charge on any atom is 0.344 e. The Bertz CT molecular complexity index is 905. The molecule has 0 aliphatic rings. The second-order valence-electron chi connectivity index (χ2n) is 5.20. The van der Waals surface area contributed by atoms with E-state index >= 15 is 0 Å². The lowest BCUT2D eigenvalue weighted by atomic mass is 9.98. The Balaban J connectivity index is 2.30. The smallest absolute Gasteiger partial charge is 0.344 e. The van der Waals surface area contributed by atoms with E-state index in [0.29, 0.717) is 16.7 Å². The first kappa shape index (κ1) is 14.2. The van der Waals surface area contributed by atoms with Gasteiger partial charge < -0.3 is 14.3 Å². The third kappa shape index (κ3) is 2.13. The van der Waals surface area contributed by atoms with E-state index in [-0.39, 0.29) is 5.75 Å². The predicted octanol–water partition coefficient (Wildman–Crippen LogP) is 3.79. The molecular weight excluding hydrogens is 280 g/mol. The maximum absolute atomic E-state index is 12.4. The molecule has 0 radical (unpaired) electrons. The van der Waals surface area contributed by atoms with Crippen molar-refractivity contribution in [1.82, 2.24) is 0 Å². The number of phenolic OH excluding ortho intramolecular Hbond substituents is 1. The van der Waals surface area contributed by atoms with Crippen molar-refractivity contribution in [2.45, 2.75) is 13.8 Å². The van der Waals surface area contributed by atoms with Crippen LogP contribution in [0.2, 0.25) is 0 Å². The number of rotatable bonds is 2. The highest BCUT2D eigenvalue weighted by Crippen LogP contribution is 2.32. The number of aryl methyl sites for hydroxylation is 2. The fraction of sp³-hybridized carbons (Fsp3) is 0.167. The Hall–Kier alpha value is -2.75. The molecule has 3 aromatic rings. The Kier molecular flexibility index (Phi) is 3.37. The molecule has 0 saturated heterocycles. The van der Waals surface area contributed by atoms with Gasteiger partial charge in [0.25, 0.3) is 0 Å². The highest BCUT2D eigenvalue weighted by molar-refractivity contribution is 5.89. The molecule has 1 aromatic heterocycles. The summed E-state index contributed by atoms with van der Waals surface area (Å²) in [5, 5.41) is 10.6. The quantitative estimate of drug-likeness (QED) is 0.731. The van der Waals surface area contributed by atoms with Gasteiger partial charge in [-0.15, -0.1) is 0 Å². The first-order valence-electron chi connectivity index (χ1n) is 6.93. The Morgan fingerprint density at radius 1 is 1.00 bits per heavy atom. The van der Waals surface area contributed by atoms with Crippen LogP contribution < -0.4 is 10.4 Å². The summed E-state index contributed by atoms with van der Waals surface area (Å²) in [7, 11) is 1.60. The van der Waals surface area contributed by atoms with E-state index in [9.17, 15) is 9.90 Å². The number of hydrogen-bond acceptors (Lipinski definition) is 4. The first-order valence-corrected chi connectivity index (χ1v) is 6.93. The second kappa shape index (κ2) is 5.22. The van der Waals surface area contributed by atoms with Crippen LogP contribution in [0.1, 0.15) is 11.1 Å². The van der Waals surface area contributed by atoms with Gasteiger partial charge in [-0.25, -0.2) is 4.79 Å². The van der Waals surface area contributed by atoms with Crippen molar-refractivity contribution in [1.29, 1.82) is 0 Å². The van der Waals surface area contributed by atoms with Crippen LogP contribution in [0, 0.1) is 13.8 Å². The molecule has 0 spiro atoms. The fourth-order valence-electron chi connectivity index (χ4n) is 2.63. The molecule has 0 atom stereocenters.